The second-order valence-electron chi connectivity index (χ2n) is 6.11. The fourth-order valence-corrected chi connectivity index (χ4v) is 3.37. The molecule has 0 aliphatic heterocycles. The van der Waals surface area contributed by atoms with E-state index in [1.807, 2.05) is 50.2 Å². The molecule has 1 N–H and O–H groups in total. The zero-order valence-electron chi connectivity index (χ0n) is 14.9. The first-order chi connectivity index (χ1) is 12.1. The maximum absolute atomic E-state index is 12.3. The maximum atomic E-state index is 12.3. The Balaban J connectivity index is 1.63. The number of hydrogen-bond acceptors (Lipinski definition) is 3. The van der Waals surface area contributed by atoms with E-state index in [0.717, 1.165) is 28.9 Å². The molecular formula is C21H25NO2S. The number of benzene rings is 2. The standard InChI is InChI=1S/C21H25NO2S/c1-16-9-10-17(2)19(15-16)20(23)11-12-21(24)22-13-6-14-25-18-7-4-3-5-8-18/h3-5,7-10,15H,6,11-14H2,1-2H3,(H,22,24). The third-order valence-electron chi connectivity index (χ3n) is 3.93. The van der Waals surface area contributed by atoms with Crippen LogP contribution in [0.3, 0.4) is 0 Å². The highest BCUT2D eigenvalue weighted by molar-refractivity contribution is 7.99. The van der Waals surface area contributed by atoms with Crippen LogP contribution in [0, 0.1) is 13.8 Å². The van der Waals surface area contributed by atoms with Gasteiger partial charge in [-0.2, -0.15) is 0 Å². The number of Topliss-reactive ketones (excluding diaryl/α,β-unsaturated/α-hetero) is 1. The number of amides is 1. The van der Waals surface area contributed by atoms with E-state index >= 15 is 0 Å². The van der Waals surface area contributed by atoms with Gasteiger partial charge in [0.2, 0.25) is 5.91 Å². The van der Waals surface area contributed by atoms with E-state index in [1.54, 1.807) is 11.8 Å². The average molecular weight is 356 g/mol. The molecule has 25 heavy (non-hydrogen) atoms. The zero-order valence-corrected chi connectivity index (χ0v) is 15.7. The lowest BCUT2D eigenvalue weighted by Gasteiger charge is -2.07. The van der Waals surface area contributed by atoms with Gasteiger partial charge in [-0.05, 0) is 49.8 Å². The Hall–Kier alpha value is -2.07. The highest BCUT2D eigenvalue weighted by atomic mass is 32.2. The van der Waals surface area contributed by atoms with Crippen molar-refractivity contribution in [1.29, 1.82) is 0 Å². The lowest BCUT2D eigenvalue weighted by molar-refractivity contribution is -0.121. The van der Waals surface area contributed by atoms with Gasteiger partial charge in [0.1, 0.15) is 0 Å². The number of nitrogens with one attached hydrogen (secondary N) is 1. The van der Waals surface area contributed by atoms with Gasteiger partial charge < -0.3 is 5.32 Å². The summed E-state index contributed by atoms with van der Waals surface area (Å²) in [6.07, 6.45) is 1.42. The van der Waals surface area contributed by atoms with E-state index in [4.69, 9.17) is 0 Å². The largest absolute Gasteiger partial charge is 0.356 e. The van der Waals surface area contributed by atoms with E-state index in [0.29, 0.717) is 6.54 Å². The summed E-state index contributed by atoms with van der Waals surface area (Å²) in [5, 5.41) is 2.90. The Morgan fingerprint density at radius 3 is 2.52 bits per heavy atom. The molecule has 0 fully saturated rings. The second kappa shape index (κ2) is 10.0. The first kappa shape index (κ1) is 19.3. The van der Waals surface area contributed by atoms with Crippen molar-refractivity contribution in [2.24, 2.45) is 0 Å². The number of aryl methyl sites for hydroxylation is 2. The Morgan fingerprint density at radius 2 is 1.76 bits per heavy atom. The molecule has 0 atom stereocenters. The molecule has 0 aliphatic rings. The van der Waals surface area contributed by atoms with Crippen molar-refractivity contribution in [3.63, 3.8) is 0 Å². The highest BCUT2D eigenvalue weighted by Gasteiger charge is 2.11. The van der Waals surface area contributed by atoms with Gasteiger partial charge in [-0.3, -0.25) is 9.59 Å². The molecule has 0 aromatic heterocycles. The Bertz CT molecular complexity index is 713. The van der Waals surface area contributed by atoms with Crippen molar-refractivity contribution in [3.05, 3.63) is 65.2 Å². The van der Waals surface area contributed by atoms with Crippen molar-refractivity contribution in [2.45, 2.75) is 38.0 Å². The minimum Gasteiger partial charge on any atom is -0.356 e. The fourth-order valence-electron chi connectivity index (χ4n) is 2.49. The maximum Gasteiger partial charge on any atom is 0.220 e. The van der Waals surface area contributed by atoms with E-state index in [2.05, 4.69) is 17.4 Å². The van der Waals surface area contributed by atoms with E-state index in [9.17, 15) is 9.59 Å². The third kappa shape index (κ3) is 6.75. The molecule has 0 saturated heterocycles. The van der Waals surface area contributed by atoms with Gasteiger partial charge in [-0.25, -0.2) is 0 Å². The van der Waals surface area contributed by atoms with Gasteiger partial charge in [0.05, 0.1) is 0 Å². The van der Waals surface area contributed by atoms with E-state index in [-0.39, 0.29) is 24.5 Å². The molecule has 0 heterocycles. The molecule has 3 nitrogen and oxygen atoms in total. The molecule has 0 radical (unpaired) electrons. The van der Waals surface area contributed by atoms with Gasteiger partial charge in [-0.1, -0.05) is 35.9 Å². The Morgan fingerprint density at radius 1 is 1.00 bits per heavy atom. The molecule has 2 rings (SSSR count). The molecule has 4 heteroatoms. The number of carbonyl (C=O) groups excluding carboxylic acids is 2. The van der Waals surface area contributed by atoms with Gasteiger partial charge in [0.25, 0.3) is 0 Å². The summed E-state index contributed by atoms with van der Waals surface area (Å²) in [6.45, 7) is 4.55. The number of rotatable bonds is 9. The van der Waals surface area contributed by atoms with Crippen molar-refractivity contribution in [3.8, 4) is 0 Å². The number of hydrogen-bond donors (Lipinski definition) is 1. The van der Waals surface area contributed by atoms with Crippen LogP contribution in [0.2, 0.25) is 0 Å². The van der Waals surface area contributed by atoms with Crippen molar-refractivity contribution in [1.82, 2.24) is 5.32 Å². The minimum atomic E-state index is -0.0524. The van der Waals surface area contributed by atoms with Crippen molar-refractivity contribution in [2.75, 3.05) is 12.3 Å². The normalized spacial score (nSPS) is 10.5. The van der Waals surface area contributed by atoms with Crippen LogP contribution in [0.15, 0.2) is 53.4 Å². The molecule has 132 valence electrons. The smallest absolute Gasteiger partial charge is 0.220 e. The van der Waals surface area contributed by atoms with Crippen LogP contribution in [0.1, 0.15) is 40.7 Å². The summed E-state index contributed by atoms with van der Waals surface area (Å²) in [5.74, 6) is 0.950. The summed E-state index contributed by atoms with van der Waals surface area (Å²) in [6, 6.07) is 16.1. The van der Waals surface area contributed by atoms with E-state index in [1.165, 1.54) is 4.90 Å². The summed E-state index contributed by atoms with van der Waals surface area (Å²) < 4.78 is 0. The zero-order chi connectivity index (χ0) is 18.1. The predicted molar refractivity (Wildman–Crippen MR) is 104 cm³/mol. The third-order valence-corrected chi connectivity index (χ3v) is 5.03. The molecule has 0 saturated carbocycles. The SMILES string of the molecule is Cc1ccc(C)c(C(=O)CCC(=O)NCCCSc2ccccc2)c1. The lowest BCUT2D eigenvalue weighted by Crippen LogP contribution is -2.25. The van der Waals surface area contributed by atoms with Crippen LogP contribution in [0.4, 0.5) is 0 Å². The van der Waals surface area contributed by atoms with Gasteiger partial charge in [0.15, 0.2) is 5.78 Å². The molecule has 2 aromatic rings. The molecule has 0 unspecified atom stereocenters. The molecule has 0 aliphatic carbocycles. The fraction of sp³-hybridized carbons (Fsp3) is 0.333. The summed E-state index contributed by atoms with van der Waals surface area (Å²) >= 11 is 1.79. The van der Waals surface area contributed by atoms with Crippen LogP contribution >= 0.6 is 11.8 Å². The van der Waals surface area contributed by atoms with E-state index < -0.39 is 0 Å². The summed E-state index contributed by atoms with van der Waals surface area (Å²) in [5.41, 5.74) is 2.76. The van der Waals surface area contributed by atoms with Gasteiger partial charge in [0, 0.05) is 29.8 Å². The predicted octanol–water partition coefficient (Wildman–Crippen LogP) is 4.56. The Kier molecular flexibility index (Phi) is 7.74. The molecular weight excluding hydrogens is 330 g/mol. The Labute approximate surface area is 154 Å². The number of carbonyl (C=O) groups is 2. The average Bonchev–Trinajstić information content (AvgIpc) is 2.62. The summed E-state index contributed by atoms with van der Waals surface area (Å²) in [7, 11) is 0. The quantitative estimate of drug-likeness (QED) is 0.407. The van der Waals surface area contributed by atoms with Crippen LogP contribution in [-0.4, -0.2) is 24.0 Å². The van der Waals surface area contributed by atoms with Crippen molar-refractivity contribution < 1.29 is 9.59 Å². The lowest BCUT2D eigenvalue weighted by atomic mass is 9.99. The first-order valence-corrected chi connectivity index (χ1v) is 9.60. The van der Waals surface area contributed by atoms with Crippen molar-refractivity contribution >= 4 is 23.5 Å². The highest BCUT2D eigenvalue weighted by Crippen LogP contribution is 2.17. The van der Waals surface area contributed by atoms with Gasteiger partial charge in [-0.15, -0.1) is 11.8 Å². The molecule has 0 spiro atoms. The van der Waals surface area contributed by atoms with Crippen LogP contribution in [0.5, 0.6) is 0 Å². The van der Waals surface area contributed by atoms with Crippen LogP contribution in [0.25, 0.3) is 0 Å². The van der Waals surface area contributed by atoms with Crippen LogP contribution < -0.4 is 5.32 Å². The topological polar surface area (TPSA) is 46.2 Å². The van der Waals surface area contributed by atoms with Gasteiger partial charge >= 0.3 is 0 Å². The minimum absolute atomic E-state index is 0.0379. The molecule has 0 bridgehead atoms. The molecule has 1 amide bonds. The number of ketones is 1. The first-order valence-electron chi connectivity index (χ1n) is 8.61. The van der Waals surface area contributed by atoms with Crippen LogP contribution in [-0.2, 0) is 4.79 Å². The number of thioether (sulfide) groups is 1. The molecule has 2 aromatic carbocycles. The summed E-state index contributed by atoms with van der Waals surface area (Å²) in [4.78, 5) is 25.4. The monoisotopic (exact) mass is 355 g/mol. The second-order valence-corrected chi connectivity index (χ2v) is 7.27.